The van der Waals surface area contributed by atoms with Crippen LogP contribution < -0.4 is 5.32 Å². The maximum atomic E-state index is 12.6. The topological polar surface area (TPSA) is 49.4 Å². The molecule has 2 unspecified atom stereocenters. The van der Waals surface area contributed by atoms with Crippen molar-refractivity contribution in [2.24, 2.45) is 0 Å². The molecule has 1 fully saturated rings. The first-order valence-corrected chi connectivity index (χ1v) is 8.23. The molecule has 0 amide bonds. The molecule has 7 heteroatoms. The van der Waals surface area contributed by atoms with E-state index in [1.807, 2.05) is 13.8 Å². The van der Waals surface area contributed by atoms with Gasteiger partial charge in [0.25, 0.3) is 0 Å². The third-order valence-electron chi connectivity index (χ3n) is 3.42. The summed E-state index contributed by atoms with van der Waals surface area (Å²) in [5.41, 5.74) is 0. The Morgan fingerprint density at radius 1 is 1.21 bits per heavy atom. The number of sulfonamides is 1. The maximum absolute atomic E-state index is 12.6. The number of nitrogens with one attached hydrogen (secondary N) is 1. The molecule has 106 valence electrons. The van der Waals surface area contributed by atoms with Crippen LogP contribution >= 0.6 is 23.2 Å². The molecule has 2 atom stereocenters. The van der Waals surface area contributed by atoms with Crippen molar-refractivity contribution in [1.29, 1.82) is 0 Å². The van der Waals surface area contributed by atoms with Crippen LogP contribution in [0, 0.1) is 0 Å². The van der Waals surface area contributed by atoms with E-state index in [9.17, 15) is 8.42 Å². The first kappa shape index (κ1) is 15.1. The van der Waals surface area contributed by atoms with Crippen LogP contribution in [0.1, 0.15) is 13.8 Å². The summed E-state index contributed by atoms with van der Waals surface area (Å²) in [6, 6.07) is 4.38. The highest BCUT2D eigenvalue weighted by Crippen LogP contribution is 2.27. The van der Waals surface area contributed by atoms with Crippen LogP contribution in [0.2, 0.25) is 10.0 Å². The molecule has 0 saturated carbocycles. The zero-order valence-electron chi connectivity index (χ0n) is 10.7. The molecule has 1 saturated heterocycles. The summed E-state index contributed by atoms with van der Waals surface area (Å²) >= 11 is 11.8. The Bertz CT molecular complexity index is 557. The first-order chi connectivity index (χ1) is 8.82. The first-order valence-electron chi connectivity index (χ1n) is 6.03. The Morgan fingerprint density at radius 2 is 1.79 bits per heavy atom. The van der Waals surface area contributed by atoms with Crippen LogP contribution in [0.3, 0.4) is 0 Å². The Morgan fingerprint density at radius 3 is 2.37 bits per heavy atom. The van der Waals surface area contributed by atoms with Crippen LogP contribution in [0.25, 0.3) is 0 Å². The number of hydrogen-bond acceptors (Lipinski definition) is 3. The van der Waals surface area contributed by atoms with Crippen LogP contribution in [-0.4, -0.2) is 37.9 Å². The fraction of sp³-hybridized carbons (Fsp3) is 0.500. The predicted octanol–water partition coefficient (Wildman–Crippen LogP) is 2.36. The van der Waals surface area contributed by atoms with Gasteiger partial charge in [-0.25, -0.2) is 8.42 Å². The van der Waals surface area contributed by atoms with Gasteiger partial charge in [-0.05, 0) is 32.0 Å². The lowest BCUT2D eigenvalue weighted by atomic mass is 10.1. The Labute approximate surface area is 123 Å². The molecule has 0 spiro atoms. The summed E-state index contributed by atoms with van der Waals surface area (Å²) in [5, 5.41) is 3.89. The lowest BCUT2D eigenvalue weighted by molar-refractivity contribution is 0.233. The smallest absolute Gasteiger partial charge is 0.243 e. The molecule has 0 aliphatic carbocycles. The van der Waals surface area contributed by atoms with Crippen molar-refractivity contribution in [2.75, 3.05) is 13.1 Å². The number of benzene rings is 1. The number of hydrogen-bond donors (Lipinski definition) is 1. The van der Waals surface area contributed by atoms with E-state index in [4.69, 9.17) is 23.2 Å². The SMILES string of the molecule is CC1NCCN(S(=O)(=O)c2cc(Cl)cc(Cl)c2)C1C. The molecule has 0 radical (unpaired) electrons. The van der Waals surface area contributed by atoms with Crippen molar-refractivity contribution < 1.29 is 8.42 Å². The summed E-state index contributed by atoms with van der Waals surface area (Å²) in [6.45, 7) is 4.94. The van der Waals surface area contributed by atoms with Gasteiger partial charge in [-0.3, -0.25) is 0 Å². The highest BCUT2D eigenvalue weighted by atomic mass is 35.5. The molecule has 4 nitrogen and oxygen atoms in total. The van der Waals surface area contributed by atoms with E-state index in [1.54, 1.807) is 0 Å². The van der Waals surface area contributed by atoms with E-state index in [1.165, 1.54) is 22.5 Å². The van der Waals surface area contributed by atoms with Gasteiger partial charge >= 0.3 is 0 Å². The molecule has 1 aliphatic rings. The van der Waals surface area contributed by atoms with E-state index in [0.717, 1.165) is 0 Å². The molecule has 1 N–H and O–H groups in total. The standard InChI is InChI=1S/C12H16Cl2N2O2S/c1-8-9(2)16(4-3-15-8)19(17,18)12-6-10(13)5-11(14)7-12/h5-9,15H,3-4H2,1-2H3. The number of rotatable bonds is 2. The Balaban J connectivity index is 2.41. The third-order valence-corrected chi connectivity index (χ3v) is 5.82. The molecule has 0 bridgehead atoms. The summed E-state index contributed by atoms with van der Waals surface area (Å²) in [4.78, 5) is 0.144. The van der Waals surface area contributed by atoms with Crippen molar-refractivity contribution >= 4 is 33.2 Å². The van der Waals surface area contributed by atoms with Gasteiger partial charge < -0.3 is 5.32 Å². The van der Waals surface area contributed by atoms with Gasteiger partial charge in [-0.15, -0.1) is 0 Å². The van der Waals surface area contributed by atoms with Gasteiger partial charge in [0.2, 0.25) is 10.0 Å². The summed E-state index contributed by atoms with van der Waals surface area (Å²) < 4.78 is 26.8. The summed E-state index contributed by atoms with van der Waals surface area (Å²) in [6.07, 6.45) is 0. The van der Waals surface area contributed by atoms with Crippen LogP contribution in [0.4, 0.5) is 0 Å². The van der Waals surface area contributed by atoms with Crippen LogP contribution in [-0.2, 0) is 10.0 Å². The van der Waals surface area contributed by atoms with Crippen molar-refractivity contribution in [3.05, 3.63) is 28.2 Å². The second-order valence-corrected chi connectivity index (χ2v) is 7.47. The zero-order chi connectivity index (χ0) is 14.2. The number of nitrogens with zero attached hydrogens (tertiary/aromatic N) is 1. The van der Waals surface area contributed by atoms with Gasteiger partial charge in [0.1, 0.15) is 0 Å². The van der Waals surface area contributed by atoms with Crippen molar-refractivity contribution in [2.45, 2.75) is 30.8 Å². The van der Waals surface area contributed by atoms with Gasteiger partial charge in [0.15, 0.2) is 0 Å². The third kappa shape index (κ3) is 3.06. The van der Waals surface area contributed by atoms with Crippen LogP contribution in [0.15, 0.2) is 23.1 Å². The predicted molar refractivity (Wildman–Crippen MR) is 77.3 cm³/mol. The minimum Gasteiger partial charge on any atom is -0.311 e. The minimum absolute atomic E-state index is 0.109. The lowest BCUT2D eigenvalue weighted by Crippen LogP contribution is -2.57. The molecular weight excluding hydrogens is 307 g/mol. The maximum Gasteiger partial charge on any atom is 0.243 e. The fourth-order valence-corrected chi connectivity index (χ4v) is 4.61. The molecular formula is C12H16Cl2N2O2S. The monoisotopic (exact) mass is 322 g/mol. The van der Waals surface area contributed by atoms with Crippen molar-refractivity contribution in [3.63, 3.8) is 0 Å². The molecule has 1 heterocycles. The molecule has 1 aromatic carbocycles. The lowest BCUT2D eigenvalue weighted by Gasteiger charge is -2.37. The Hall–Kier alpha value is -0.330. The zero-order valence-corrected chi connectivity index (χ0v) is 13.1. The van der Waals surface area contributed by atoms with Gasteiger partial charge in [0, 0.05) is 35.2 Å². The van der Waals surface area contributed by atoms with Gasteiger partial charge in [0.05, 0.1) is 4.90 Å². The van der Waals surface area contributed by atoms with Gasteiger partial charge in [-0.1, -0.05) is 23.2 Å². The Kier molecular flexibility index (Phi) is 4.42. The number of piperazine rings is 1. The van der Waals surface area contributed by atoms with Crippen LogP contribution in [0.5, 0.6) is 0 Å². The number of halogens is 2. The average Bonchev–Trinajstić information content (AvgIpc) is 2.31. The van der Waals surface area contributed by atoms with E-state index >= 15 is 0 Å². The van der Waals surface area contributed by atoms with E-state index in [2.05, 4.69) is 5.32 Å². The minimum atomic E-state index is -3.56. The van der Waals surface area contributed by atoms with Crippen molar-refractivity contribution in [1.82, 2.24) is 9.62 Å². The summed E-state index contributed by atoms with van der Waals surface area (Å²) in [7, 11) is -3.56. The summed E-state index contributed by atoms with van der Waals surface area (Å²) in [5.74, 6) is 0. The molecule has 2 rings (SSSR count). The largest absolute Gasteiger partial charge is 0.311 e. The van der Waals surface area contributed by atoms with E-state index in [0.29, 0.717) is 23.1 Å². The normalized spacial score (nSPS) is 25.5. The fourth-order valence-electron chi connectivity index (χ4n) is 2.18. The molecule has 1 aliphatic heterocycles. The van der Waals surface area contributed by atoms with E-state index < -0.39 is 10.0 Å². The second-order valence-electron chi connectivity index (χ2n) is 4.70. The van der Waals surface area contributed by atoms with E-state index in [-0.39, 0.29) is 17.0 Å². The molecule has 19 heavy (non-hydrogen) atoms. The highest BCUT2D eigenvalue weighted by molar-refractivity contribution is 7.89. The van der Waals surface area contributed by atoms with Gasteiger partial charge in [-0.2, -0.15) is 4.31 Å². The quantitative estimate of drug-likeness (QED) is 0.909. The highest BCUT2D eigenvalue weighted by Gasteiger charge is 2.34. The molecule has 0 aromatic heterocycles. The average molecular weight is 323 g/mol. The van der Waals surface area contributed by atoms with Crippen molar-refractivity contribution in [3.8, 4) is 0 Å². The molecule has 1 aromatic rings. The second kappa shape index (κ2) is 5.58.